The lowest BCUT2D eigenvalue weighted by molar-refractivity contribution is -0.848. The highest BCUT2D eigenvalue weighted by atomic mass is 35.5. The Kier molecular flexibility index (Phi) is 7.02. The van der Waals surface area contributed by atoms with Crippen molar-refractivity contribution in [2.75, 3.05) is 18.0 Å². The van der Waals surface area contributed by atoms with E-state index in [0.29, 0.717) is 6.04 Å². The van der Waals surface area contributed by atoms with Crippen molar-refractivity contribution in [2.45, 2.75) is 77.7 Å². The number of para-hydroxylation sites is 2. The van der Waals surface area contributed by atoms with E-state index in [0.717, 1.165) is 37.4 Å². The average molecular weight is 514 g/mol. The molecule has 194 valence electrons. The van der Waals surface area contributed by atoms with Gasteiger partial charge in [-0.3, -0.25) is 4.90 Å². The second-order valence-corrected chi connectivity index (χ2v) is 12.2. The van der Waals surface area contributed by atoms with Crippen molar-refractivity contribution in [1.82, 2.24) is 0 Å². The van der Waals surface area contributed by atoms with Crippen molar-refractivity contribution in [1.29, 1.82) is 0 Å². The van der Waals surface area contributed by atoms with Crippen LogP contribution in [0, 0.1) is 0 Å². The molecule has 1 N–H and O–H groups in total. The van der Waals surface area contributed by atoms with E-state index in [9.17, 15) is 0 Å². The number of nitrogens with zero attached hydrogens (tertiary/aromatic N) is 1. The van der Waals surface area contributed by atoms with Crippen LogP contribution in [0.5, 0.6) is 0 Å². The van der Waals surface area contributed by atoms with Gasteiger partial charge in [-0.05, 0) is 88.0 Å². The van der Waals surface area contributed by atoms with E-state index in [2.05, 4.69) is 119 Å². The maximum absolute atomic E-state index is 7.09. The first kappa shape index (κ1) is 26.1. The number of fused-ring (bicyclic) bond motifs is 2. The van der Waals surface area contributed by atoms with Gasteiger partial charge in [0.1, 0.15) is 11.7 Å². The minimum atomic E-state index is -0.0211. The van der Waals surface area contributed by atoms with Gasteiger partial charge in [0.2, 0.25) is 0 Å². The maximum atomic E-state index is 7.09. The van der Waals surface area contributed by atoms with Gasteiger partial charge in [0, 0.05) is 33.9 Å². The summed E-state index contributed by atoms with van der Waals surface area (Å²) in [5, 5.41) is 0.946. The number of likely N-dealkylation sites (N-methyl/N-ethyl adjacent to an activating group) is 2. The van der Waals surface area contributed by atoms with Crippen LogP contribution in [-0.4, -0.2) is 19.1 Å². The zero-order valence-electron chi connectivity index (χ0n) is 23.4. The molecule has 0 fully saturated rings. The average Bonchev–Trinajstić information content (AvgIpc) is 3.25. The summed E-state index contributed by atoms with van der Waals surface area (Å²) in [5.41, 5.74) is 9.61. The van der Waals surface area contributed by atoms with Crippen LogP contribution < -0.4 is 9.80 Å². The van der Waals surface area contributed by atoms with E-state index >= 15 is 0 Å². The van der Waals surface area contributed by atoms with Gasteiger partial charge in [-0.1, -0.05) is 74.0 Å². The molecule has 2 nitrogen and oxygen atoms in total. The first-order valence-electron chi connectivity index (χ1n) is 14.0. The second-order valence-electron chi connectivity index (χ2n) is 11.8. The number of anilines is 1. The molecule has 2 heterocycles. The van der Waals surface area contributed by atoms with Crippen LogP contribution in [0.4, 0.5) is 11.4 Å². The Hall–Kier alpha value is -2.55. The largest absolute Gasteiger partial charge is 0.344 e. The molecule has 5 rings (SSSR count). The lowest BCUT2D eigenvalue weighted by Gasteiger charge is -2.27. The van der Waals surface area contributed by atoms with Crippen molar-refractivity contribution in [3.8, 4) is 0 Å². The number of hydrogen-bond acceptors (Lipinski definition) is 1. The molecule has 2 unspecified atom stereocenters. The van der Waals surface area contributed by atoms with Crippen molar-refractivity contribution in [3.63, 3.8) is 0 Å². The van der Waals surface area contributed by atoms with Gasteiger partial charge in [-0.15, -0.1) is 0 Å². The molecule has 2 aromatic rings. The molecule has 3 heteroatoms. The van der Waals surface area contributed by atoms with Crippen LogP contribution in [0.2, 0.25) is 0 Å². The van der Waals surface area contributed by atoms with Gasteiger partial charge in [-0.25, -0.2) is 0 Å². The Bertz CT molecular complexity index is 1310. The summed E-state index contributed by atoms with van der Waals surface area (Å²) in [7, 11) is 0. The number of benzene rings is 2. The third-order valence-electron chi connectivity index (χ3n) is 9.00. The first-order chi connectivity index (χ1) is 17.7. The topological polar surface area (TPSA) is 7.68 Å². The summed E-state index contributed by atoms with van der Waals surface area (Å²) >= 11 is 7.09. The van der Waals surface area contributed by atoms with Crippen molar-refractivity contribution >= 4 is 23.0 Å². The van der Waals surface area contributed by atoms with Crippen LogP contribution in [0.1, 0.15) is 71.9 Å². The van der Waals surface area contributed by atoms with E-state index < -0.39 is 0 Å². The fourth-order valence-electron chi connectivity index (χ4n) is 6.94. The van der Waals surface area contributed by atoms with E-state index in [4.69, 9.17) is 11.6 Å². The maximum Gasteiger partial charge on any atom is 0.135 e. The predicted molar refractivity (Wildman–Crippen MR) is 159 cm³/mol. The molecule has 2 atom stereocenters. The molecule has 0 bridgehead atoms. The van der Waals surface area contributed by atoms with E-state index in [1.54, 1.807) is 4.90 Å². The van der Waals surface area contributed by atoms with E-state index in [1.807, 2.05) is 0 Å². The number of halogens is 1. The highest BCUT2D eigenvalue weighted by molar-refractivity contribution is 6.32. The molecule has 37 heavy (non-hydrogen) atoms. The molecule has 3 aliphatic rings. The SMILES string of the molecule is CCN1/C(=C/C=C2\CCCC(/C=C/C3[NH+](CC)c4ccccc4C3(C)C)=C2Cl)C(C)(C)c2ccccc21. The van der Waals surface area contributed by atoms with Gasteiger partial charge in [0.05, 0.1) is 12.0 Å². The summed E-state index contributed by atoms with van der Waals surface area (Å²) in [4.78, 5) is 4.00. The molecular weight excluding hydrogens is 472 g/mol. The summed E-state index contributed by atoms with van der Waals surface area (Å²) in [6.07, 6.45) is 12.6. The van der Waals surface area contributed by atoms with Crippen molar-refractivity contribution < 1.29 is 4.90 Å². The molecular formula is C34H42ClN2+. The minimum Gasteiger partial charge on any atom is -0.344 e. The van der Waals surface area contributed by atoms with Crippen LogP contribution in [-0.2, 0) is 10.8 Å². The third kappa shape index (κ3) is 4.33. The van der Waals surface area contributed by atoms with Crippen molar-refractivity contribution in [3.05, 3.63) is 106 Å². The van der Waals surface area contributed by atoms with Crippen molar-refractivity contribution in [2.24, 2.45) is 0 Å². The van der Waals surface area contributed by atoms with E-state index in [1.165, 1.54) is 39.3 Å². The zero-order valence-corrected chi connectivity index (χ0v) is 24.1. The Balaban J connectivity index is 1.45. The molecule has 0 saturated carbocycles. The van der Waals surface area contributed by atoms with Gasteiger partial charge < -0.3 is 4.90 Å². The summed E-state index contributed by atoms with van der Waals surface area (Å²) in [6.45, 7) is 16.0. The molecule has 0 radical (unpaired) electrons. The lowest BCUT2D eigenvalue weighted by Crippen LogP contribution is -3.10. The predicted octanol–water partition coefficient (Wildman–Crippen LogP) is 7.74. The monoisotopic (exact) mass is 513 g/mol. The van der Waals surface area contributed by atoms with Crippen LogP contribution in [0.25, 0.3) is 0 Å². The third-order valence-corrected chi connectivity index (χ3v) is 9.49. The van der Waals surface area contributed by atoms with Crippen LogP contribution in [0.15, 0.2) is 94.7 Å². The fraction of sp³-hybridized carbons (Fsp3) is 0.412. The van der Waals surface area contributed by atoms with Crippen LogP contribution in [0.3, 0.4) is 0 Å². The number of rotatable bonds is 5. The van der Waals surface area contributed by atoms with Gasteiger partial charge in [0.15, 0.2) is 0 Å². The molecule has 0 amide bonds. The van der Waals surface area contributed by atoms with Crippen LogP contribution >= 0.6 is 11.6 Å². The molecule has 2 aliphatic heterocycles. The number of nitrogens with one attached hydrogen (secondary N) is 1. The molecule has 2 aromatic carbocycles. The van der Waals surface area contributed by atoms with Gasteiger partial charge in [-0.2, -0.15) is 0 Å². The zero-order chi connectivity index (χ0) is 26.4. The smallest absolute Gasteiger partial charge is 0.135 e. The Morgan fingerprint density at radius 3 is 2.38 bits per heavy atom. The molecule has 1 aliphatic carbocycles. The Morgan fingerprint density at radius 1 is 0.946 bits per heavy atom. The van der Waals surface area contributed by atoms with E-state index in [-0.39, 0.29) is 10.8 Å². The lowest BCUT2D eigenvalue weighted by atomic mass is 9.80. The molecule has 0 saturated heterocycles. The Labute approximate surface area is 229 Å². The first-order valence-corrected chi connectivity index (χ1v) is 14.4. The highest BCUT2D eigenvalue weighted by Gasteiger charge is 2.47. The summed E-state index contributed by atoms with van der Waals surface area (Å²) < 4.78 is 0. The number of quaternary nitrogens is 1. The van der Waals surface area contributed by atoms with Gasteiger partial charge in [0.25, 0.3) is 0 Å². The normalized spacial score (nSPS) is 26.4. The minimum absolute atomic E-state index is 0.0211. The standard InChI is InChI=1S/C34H41ClN2/c1-7-36-28-18-11-9-16-26(28)33(3,4)30(36)22-20-24-14-13-15-25(32(24)35)21-23-31-34(5,6)27-17-10-12-19-29(27)37(31)8-2/h9-12,16-23,30H,7-8,13-15H2,1-6H3/p+1/b22-20+,25-21+,31-23+. The number of allylic oxidation sites excluding steroid dienone is 7. The molecule has 0 spiro atoms. The van der Waals surface area contributed by atoms with Gasteiger partial charge >= 0.3 is 0 Å². The molecule has 0 aromatic heterocycles. The second kappa shape index (κ2) is 9.97. The number of hydrogen-bond donors (Lipinski definition) is 1. The quantitative estimate of drug-likeness (QED) is 0.429. The summed E-state index contributed by atoms with van der Waals surface area (Å²) in [5.74, 6) is 0. The highest BCUT2D eigenvalue weighted by Crippen LogP contribution is 2.47. The Morgan fingerprint density at radius 2 is 1.65 bits per heavy atom. The fourth-order valence-corrected chi connectivity index (χ4v) is 7.26. The summed E-state index contributed by atoms with van der Waals surface area (Å²) in [6, 6.07) is 18.2.